The first-order valence-electron chi connectivity index (χ1n) is 5.77. The zero-order chi connectivity index (χ0) is 13.4. The molecule has 0 unspecified atom stereocenters. The molecule has 0 atom stereocenters. The average molecular weight is 248 g/mol. The molecule has 0 fully saturated rings. The summed E-state index contributed by atoms with van der Waals surface area (Å²) in [7, 11) is 0. The maximum Gasteiger partial charge on any atom is 0.293 e. The molecule has 0 bridgehead atoms. The molecule has 17 heavy (non-hydrogen) atoms. The van der Waals surface area contributed by atoms with E-state index < -0.39 is 5.60 Å². The Hall–Kier alpha value is -0.650. The van der Waals surface area contributed by atoms with Crippen molar-refractivity contribution in [3.05, 3.63) is 0 Å². The second kappa shape index (κ2) is 7.63. The van der Waals surface area contributed by atoms with Gasteiger partial charge < -0.3 is 19.3 Å². The van der Waals surface area contributed by atoms with Crippen LogP contribution in [0.15, 0.2) is 0 Å². The van der Waals surface area contributed by atoms with Crippen LogP contribution in [0.3, 0.4) is 0 Å². The van der Waals surface area contributed by atoms with Crippen LogP contribution in [0.1, 0.15) is 40.5 Å². The minimum atomic E-state index is -0.501. The van der Waals surface area contributed by atoms with Crippen LogP contribution < -0.4 is 0 Å². The molecule has 0 saturated carbocycles. The Labute approximate surface area is 103 Å². The highest BCUT2D eigenvalue weighted by Gasteiger charge is 2.22. The fourth-order valence-electron chi connectivity index (χ4n) is 1.22. The number of ether oxygens (including phenoxy) is 3. The minimum absolute atomic E-state index is 0.268. The standard InChI is InChI=1S/C12H24O5/c1-11(2,5-7-15-9-13)16-8-6-12(3,4)17-10-14/h10,13H,5-9H2,1-4H3. The highest BCUT2D eigenvalue weighted by Crippen LogP contribution is 2.18. The van der Waals surface area contributed by atoms with E-state index in [0.29, 0.717) is 32.5 Å². The Kier molecular flexibility index (Phi) is 7.34. The first-order valence-corrected chi connectivity index (χ1v) is 5.77. The molecule has 102 valence electrons. The largest absolute Gasteiger partial charge is 0.462 e. The van der Waals surface area contributed by atoms with E-state index in [0.717, 1.165) is 0 Å². The van der Waals surface area contributed by atoms with Crippen molar-refractivity contribution in [2.75, 3.05) is 20.0 Å². The number of aliphatic hydroxyl groups excluding tert-OH is 1. The molecule has 0 heterocycles. The first kappa shape index (κ1) is 16.4. The fourth-order valence-corrected chi connectivity index (χ4v) is 1.22. The quantitative estimate of drug-likeness (QED) is 0.360. The van der Waals surface area contributed by atoms with Gasteiger partial charge in [0.15, 0.2) is 0 Å². The molecule has 0 aromatic rings. The molecule has 0 aromatic carbocycles. The predicted molar refractivity (Wildman–Crippen MR) is 63.5 cm³/mol. The predicted octanol–water partition coefficient (Wildman–Crippen LogP) is 1.48. The van der Waals surface area contributed by atoms with Crippen LogP contribution in [0.5, 0.6) is 0 Å². The van der Waals surface area contributed by atoms with Crippen molar-refractivity contribution in [2.45, 2.75) is 51.7 Å². The van der Waals surface area contributed by atoms with Gasteiger partial charge in [0.05, 0.1) is 18.8 Å². The van der Waals surface area contributed by atoms with Crippen LogP contribution >= 0.6 is 0 Å². The summed E-state index contributed by atoms with van der Waals surface area (Å²) in [5.74, 6) is 0. The summed E-state index contributed by atoms with van der Waals surface area (Å²) in [4.78, 5) is 10.3. The maximum absolute atomic E-state index is 10.3. The van der Waals surface area contributed by atoms with Crippen molar-refractivity contribution < 1.29 is 24.1 Å². The number of carbonyl (C=O) groups is 1. The third kappa shape index (κ3) is 9.09. The molecule has 0 aromatic heterocycles. The van der Waals surface area contributed by atoms with Gasteiger partial charge in [0.25, 0.3) is 6.47 Å². The third-order valence-electron chi connectivity index (χ3n) is 2.50. The molecular weight excluding hydrogens is 224 g/mol. The molecule has 0 saturated heterocycles. The molecule has 5 nitrogen and oxygen atoms in total. The summed E-state index contributed by atoms with van der Waals surface area (Å²) in [6.45, 7) is 8.75. The Morgan fingerprint density at radius 3 is 2.18 bits per heavy atom. The van der Waals surface area contributed by atoms with E-state index >= 15 is 0 Å². The number of carbonyl (C=O) groups excluding carboxylic acids is 1. The lowest BCUT2D eigenvalue weighted by molar-refractivity contribution is -0.143. The van der Waals surface area contributed by atoms with Crippen LogP contribution in [0.2, 0.25) is 0 Å². The molecule has 0 rings (SSSR count). The molecular formula is C12H24O5. The topological polar surface area (TPSA) is 65.0 Å². The second-order valence-corrected chi connectivity index (χ2v) is 5.12. The van der Waals surface area contributed by atoms with Gasteiger partial charge in [0, 0.05) is 6.42 Å². The first-order chi connectivity index (χ1) is 7.83. The van der Waals surface area contributed by atoms with Crippen molar-refractivity contribution in [1.82, 2.24) is 0 Å². The maximum atomic E-state index is 10.3. The summed E-state index contributed by atoms with van der Waals surface area (Å²) in [5, 5.41) is 8.49. The van der Waals surface area contributed by atoms with E-state index in [9.17, 15) is 4.79 Å². The van der Waals surface area contributed by atoms with Crippen molar-refractivity contribution in [2.24, 2.45) is 0 Å². The van der Waals surface area contributed by atoms with Gasteiger partial charge in [-0.2, -0.15) is 0 Å². The lowest BCUT2D eigenvalue weighted by atomic mass is 10.0. The van der Waals surface area contributed by atoms with Crippen molar-refractivity contribution in [1.29, 1.82) is 0 Å². The number of rotatable bonds is 10. The molecule has 0 aliphatic carbocycles. The van der Waals surface area contributed by atoms with Crippen LogP contribution in [-0.4, -0.2) is 42.8 Å². The van der Waals surface area contributed by atoms with E-state index in [1.165, 1.54) is 0 Å². The van der Waals surface area contributed by atoms with Gasteiger partial charge in [-0.3, -0.25) is 4.79 Å². The smallest absolute Gasteiger partial charge is 0.293 e. The van der Waals surface area contributed by atoms with Crippen molar-refractivity contribution in [3.8, 4) is 0 Å². The normalized spacial score (nSPS) is 12.5. The molecule has 1 N–H and O–H groups in total. The van der Waals surface area contributed by atoms with Crippen LogP contribution in [0, 0.1) is 0 Å². The zero-order valence-electron chi connectivity index (χ0n) is 11.2. The van der Waals surface area contributed by atoms with Gasteiger partial charge in [-0.05, 0) is 34.1 Å². The molecule has 0 amide bonds. The van der Waals surface area contributed by atoms with Gasteiger partial charge in [0.1, 0.15) is 12.4 Å². The van der Waals surface area contributed by atoms with E-state index in [-0.39, 0.29) is 12.4 Å². The zero-order valence-corrected chi connectivity index (χ0v) is 11.2. The Bertz CT molecular complexity index is 213. The Balaban J connectivity index is 3.81. The molecule has 0 aliphatic heterocycles. The fraction of sp³-hybridized carbons (Fsp3) is 0.917. The average Bonchev–Trinajstić information content (AvgIpc) is 2.16. The number of hydrogen-bond acceptors (Lipinski definition) is 5. The van der Waals surface area contributed by atoms with Crippen LogP contribution in [0.25, 0.3) is 0 Å². The minimum Gasteiger partial charge on any atom is -0.462 e. The summed E-state index contributed by atoms with van der Waals surface area (Å²) in [6.07, 6.45) is 1.33. The van der Waals surface area contributed by atoms with Gasteiger partial charge in [-0.15, -0.1) is 0 Å². The van der Waals surface area contributed by atoms with Crippen LogP contribution in [0.4, 0.5) is 0 Å². The van der Waals surface area contributed by atoms with Gasteiger partial charge in [0.2, 0.25) is 0 Å². The molecule has 0 radical (unpaired) electrons. The van der Waals surface area contributed by atoms with Crippen molar-refractivity contribution in [3.63, 3.8) is 0 Å². The molecule has 0 spiro atoms. The van der Waals surface area contributed by atoms with Gasteiger partial charge >= 0.3 is 0 Å². The summed E-state index contributed by atoms with van der Waals surface area (Å²) >= 11 is 0. The summed E-state index contributed by atoms with van der Waals surface area (Å²) in [6, 6.07) is 0. The lowest BCUT2D eigenvalue weighted by Crippen LogP contribution is -2.31. The SMILES string of the molecule is CC(C)(CCOC(C)(C)CCOCO)OC=O. The van der Waals surface area contributed by atoms with Crippen LogP contribution in [-0.2, 0) is 19.0 Å². The molecule has 5 heteroatoms. The Morgan fingerprint density at radius 1 is 1.06 bits per heavy atom. The van der Waals surface area contributed by atoms with Gasteiger partial charge in [-0.25, -0.2) is 0 Å². The van der Waals surface area contributed by atoms with Gasteiger partial charge in [-0.1, -0.05) is 0 Å². The number of hydrogen-bond donors (Lipinski definition) is 1. The van der Waals surface area contributed by atoms with E-state index in [4.69, 9.17) is 19.3 Å². The second-order valence-electron chi connectivity index (χ2n) is 5.12. The van der Waals surface area contributed by atoms with E-state index in [2.05, 4.69) is 0 Å². The van der Waals surface area contributed by atoms with Crippen molar-refractivity contribution >= 4 is 6.47 Å². The highest BCUT2D eigenvalue weighted by molar-refractivity contribution is 5.38. The summed E-state index contributed by atoms with van der Waals surface area (Å²) in [5.41, 5.74) is -0.814. The summed E-state index contributed by atoms with van der Waals surface area (Å²) < 4.78 is 15.5. The number of aliphatic hydroxyl groups is 1. The molecule has 0 aliphatic rings. The lowest BCUT2D eigenvalue weighted by Gasteiger charge is -2.28. The van der Waals surface area contributed by atoms with E-state index in [1.54, 1.807) is 0 Å². The third-order valence-corrected chi connectivity index (χ3v) is 2.50. The monoisotopic (exact) mass is 248 g/mol. The highest BCUT2D eigenvalue weighted by atomic mass is 16.6. The Morgan fingerprint density at radius 2 is 1.65 bits per heavy atom. The van der Waals surface area contributed by atoms with E-state index in [1.807, 2.05) is 27.7 Å².